The molecule has 5 heteroatoms. The van der Waals surface area contributed by atoms with Crippen LogP contribution in [0.2, 0.25) is 5.02 Å². The second-order valence-corrected chi connectivity index (χ2v) is 5.38. The maximum Gasteiger partial charge on any atom is 0.347 e. The van der Waals surface area contributed by atoms with Gasteiger partial charge in [0.15, 0.2) is 5.60 Å². The van der Waals surface area contributed by atoms with E-state index < -0.39 is 11.6 Å². The van der Waals surface area contributed by atoms with Crippen LogP contribution in [0.1, 0.15) is 13.8 Å². The zero-order valence-corrected chi connectivity index (χ0v) is 12.4. The van der Waals surface area contributed by atoms with E-state index in [0.29, 0.717) is 22.3 Å². The number of benzene rings is 2. The van der Waals surface area contributed by atoms with Crippen LogP contribution in [0.15, 0.2) is 48.5 Å². The molecule has 0 atom stereocenters. The average Bonchev–Trinajstić information content (AvgIpc) is 2.43. The van der Waals surface area contributed by atoms with Gasteiger partial charge in [-0.3, -0.25) is 0 Å². The van der Waals surface area contributed by atoms with E-state index in [-0.39, 0.29) is 0 Å². The van der Waals surface area contributed by atoms with E-state index in [0.717, 1.165) is 0 Å². The molecule has 0 aliphatic heterocycles. The van der Waals surface area contributed by atoms with Crippen molar-refractivity contribution < 1.29 is 19.4 Å². The van der Waals surface area contributed by atoms with Crippen LogP contribution in [-0.2, 0) is 4.79 Å². The number of carboxylic acid groups (broad SMARTS) is 1. The predicted octanol–water partition coefficient (Wildman–Crippen LogP) is 4.37. The van der Waals surface area contributed by atoms with Crippen molar-refractivity contribution in [2.45, 2.75) is 19.4 Å². The first-order chi connectivity index (χ1) is 9.87. The summed E-state index contributed by atoms with van der Waals surface area (Å²) in [5.74, 6) is 0.728. The molecule has 0 bridgehead atoms. The Balaban J connectivity index is 2.05. The van der Waals surface area contributed by atoms with E-state index in [9.17, 15) is 4.79 Å². The molecule has 2 rings (SSSR count). The van der Waals surface area contributed by atoms with Crippen LogP contribution < -0.4 is 9.47 Å². The summed E-state index contributed by atoms with van der Waals surface area (Å²) >= 11 is 5.80. The van der Waals surface area contributed by atoms with Gasteiger partial charge in [-0.25, -0.2) is 4.79 Å². The Hall–Kier alpha value is -2.20. The van der Waals surface area contributed by atoms with Crippen LogP contribution in [0.5, 0.6) is 17.2 Å². The van der Waals surface area contributed by atoms with Crippen molar-refractivity contribution >= 4 is 17.6 Å². The number of halogens is 1. The van der Waals surface area contributed by atoms with Gasteiger partial charge in [0.1, 0.15) is 17.2 Å². The Morgan fingerprint density at radius 3 is 1.86 bits per heavy atom. The topological polar surface area (TPSA) is 55.8 Å². The monoisotopic (exact) mass is 306 g/mol. The Labute approximate surface area is 127 Å². The Bertz CT molecular complexity index is 618. The fourth-order valence-corrected chi connectivity index (χ4v) is 1.68. The lowest BCUT2D eigenvalue weighted by Gasteiger charge is -2.21. The van der Waals surface area contributed by atoms with Crippen molar-refractivity contribution in [3.05, 3.63) is 53.6 Å². The van der Waals surface area contributed by atoms with Crippen molar-refractivity contribution in [2.24, 2.45) is 0 Å². The highest BCUT2D eigenvalue weighted by Crippen LogP contribution is 2.26. The zero-order chi connectivity index (χ0) is 15.5. The molecule has 21 heavy (non-hydrogen) atoms. The SMILES string of the molecule is CC(C)(Oc1ccc(Oc2ccc(Cl)cc2)cc1)C(=O)O. The summed E-state index contributed by atoms with van der Waals surface area (Å²) in [6.07, 6.45) is 0. The third kappa shape index (κ3) is 4.13. The maximum absolute atomic E-state index is 11.0. The molecule has 0 saturated carbocycles. The van der Waals surface area contributed by atoms with Crippen LogP contribution in [-0.4, -0.2) is 16.7 Å². The van der Waals surface area contributed by atoms with Crippen molar-refractivity contribution in [2.75, 3.05) is 0 Å². The molecular weight excluding hydrogens is 292 g/mol. The number of aliphatic carboxylic acids is 1. The van der Waals surface area contributed by atoms with Crippen LogP contribution in [0.25, 0.3) is 0 Å². The summed E-state index contributed by atoms with van der Waals surface area (Å²) < 4.78 is 11.0. The molecule has 0 aromatic heterocycles. The van der Waals surface area contributed by atoms with E-state index in [1.54, 1.807) is 48.5 Å². The number of carbonyl (C=O) groups is 1. The molecule has 2 aromatic rings. The number of hydrogen-bond donors (Lipinski definition) is 1. The lowest BCUT2D eigenvalue weighted by atomic mass is 10.1. The largest absolute Gasteiger partial charge is 0.478 e. The van der Waals surface area contributed by atoms with Crippen LogP contribution >= 0.6 is 11.6 Å². The van der Waals surface area contributed by atoms with Gasteiger partial charge in [0.2, 0.25) is 0 Å². The third-order valence-electron chi connectivity index (χ3n) is 2.76. The smallest absolute Gasteiger partial charge is 0.347 e. The molecule has 110 valence electrons. The lowest BCUT2D eigenvalue weighted by Crippen LogP contribution is -2.37. The lowest BCUT2D eigenvalue weighted by molar-refractivity contribution is -0.152. The van der Waals surface area contributed by atoms with Crippen LogP contribution in [0.3, 0.4) is 0 Å². The van der Waals surface area contributed by atoms with Crippen molar-refractivity contribution in [3.63, 3.8) is 0 Å². The summed E-state index contributed by atoms with van der Waals surface area (Å²) in [7, 11) is 0. The van der Waals surface area contributed by atoms with E-state index in [2.05, 4.69) is 0 Å². The minimum atomic E-state index is -1.28. The zero-order valence-electron chi connectivity index (χ0n) is 11.7. The van der Waals surface area contributed by atoms with Gasteiger partial charge < -0.3 is 14.6 Å². The average molecular weight is 307 g/mol. The molecule has 0 amide bonds. The molecule has 0 unspecified atom stereocenters. The van der Waals surface area contributed by atoms with Gasteiger partial charge in [-0.1, -0.05) is 11.6 Å². The number of ether oxygens (including phenoxy) is 2. The van der Waals surface area contributed by atoms with Gasteiger partial charge in [0.05, 0.1) is 0 Å². The second-order valence-electron chi connectivity index (χ2n) is 4.94. The Kier molecular flexibility index (Phi) is 4.38. The highest BCUT2D eigenvalue weighted by Gasteiger charge is 2.29. The van der Waals surface area contributed by atoms with Crippen LogP contribution in [0, 0.1) is 0 Å². The summed E-state index contributed by atoms with van der Waals surface area (Å²) in [5.41, 5.74) is -1.28. The normalized spacial score (nSPS) is 11.0. The van der Waals surface area contributed by atoms with Crippen molar-refractivity contribution in [3.8, 4) is 17.2 Å². The van der Waals surface area contributed by atoms with E-state index in [1.165, 1.54) is 13.8 Å². The van der Waals surface area contributed by atoms with E-state index in [4.69, 9.17) is 26.2 Å². The highest BCUT2D eigenvalue weighted by molar-refractivity contribution is 6.30. The minimum absolute atomic E-state index is 0.464. The first-order valence-electron chi connectivity index (χ1n) is 6.33. The van der Waals surface area contributed by atoms with E-state index >= 15 is 0 Å². The molecule has 0 fully saturated rings. The van der Waals surface area contributed by atoms with Crippen molar-refractivity contribution in [1.82, 2.24) is 0 Å². The van der Waals surface area contributed by atoms with Crippen molar-refractivity contribution in [1.29, 1.82) is 0 Å². The molecule has 0 aliphatic rings. The first-order valence-corrected chi connectivity index (χ1v) is 6.70. The summed E-state index contributed by atoms with van der Waals surface area (Å²) in [5, 5.41) is 9.65. The van der Waals surface area contributed by atoms with Crippen LogP contribution in [0.4, 0.5) is 0 Å². The third-order valence-corrected chi connectivity index (χ3v) is 3.01. The summed E-state index contributed by atoms with van der Waals surface area (Å²) in [4.78, 5) is 11.0. The Morgan fingerprint density at radius 1 is 0.952 bits per heavy atom. The molecule has 0 radical (unpaired) electrons. The van der Waals surface area contributed by atoms with E-state index in [1.807, 2.05) is 0 Å². The fraction of sp³-hybridized carbons (Fsp3) is 0.188. The highest BCUT2D eigenvalue weighted by atomic mass is 35.5. The fourth-order valence-electron chi connectivity index (χ4n) is 1.55. The molecule has 0 saturated heterocycles. The summed E-state index contributed by atoms with van der Waals surface area (Å²) in [6, 6.07) is 13.8. The Morgan fingerprint density at radius 2 is 1.38 bits per heavy atom. The number of rotatable bonds is 5. The molecule has 4 nitrogen and oxygen atoms in total. The molecule has 2 aromatic carbocycles. The number of carboxylic acids is 1. The second kappa shape index (κ2) is 6.06. The predicted molar refractivity (Wildman–Crippen MR) is 80.3 cm³/mol. The molecular formula is C16H15ClO4. The molecule has 1 N–H and O–H groups in total. The molecule has 0 heterocycles. The first kappa shape index (κ1) is 15.2. The summed E-state index contributed by atoms with van der Waals surface area (Å²) in [6.45, 7) is 2.99. The maximum atomic E-state index is 11.0. The van der Waals surface area contributed by atoms with Gasteiger partial charge in [0.25, 0.3) is 0 Å². The van der Waals surface area contributed by atoms with Gasteiger partial charge >= 0.3 is 5.97 Å². The van der Waals surface area contributed by atoms with Gasteiger partial charge in [-0.2, -0.15) is 0 Å². The van der Waals surface area contributed by atoms with Gasteiger partial charge in [-0.15, -0.1) is 0 Å². The van der Waals surface area contributed by atoms with Gasteiger partial charge in [-0.05, 0) is 62.4 Å². The molecule has 0 spiro atoms. The number of hydrogen-bond acceptors (Lipinski definition) is 3. The molecule has 0 aliphatic carbocycles. The van der Waals surface area contributed by atoms with Gasteiger partial charge in [0, 0.05) is 5.02 Å². The quantitative estimate of drug-likeness (QED) is 0.891. The standard InChI is InChI=1S/C16H15ClO4/c1-16(2,15(18)19)21-14-9-7-13(8-10-14)20-12-5-3-11(17)4-6-12/h3-10H,1-2H3,(H,18,19). The minimum Gasteiger partial charge on any atom is -0.478 e.